The molecule has 5 heteroatoms. The summed E-state index contributed by atoms with van der Waals surface area (Å²) in [5.41, 5.74) is 3.77. The molecule has 5 nitrogen and oxygen atoms in total. The Bertz CT molecular complexity index is 771. The summed E-state index contributed by atoms with van der Waals surface area (Å²) in [6, 6.07) is 9.23. The molecule has 1 heterocycles. The number of amides is 1. The molecule has 0 fully saturated rings. The van der Waals surface area contributed by atoms with Gasteiger partial charge in [0.25, 0.3) is 0 Å². The van der Waals surface area contributed by atoms with Gasteiger partial charge in [-0.2, -0.15) is 0 Å². The third-order valence-electron chi connectivity index (χ3n) is 4.24. The zero-order valence-corrected chi connectivity index (χ0v) is 12.9. The van der Waals surface area contributed by atoms with Crippen LogP contribution in [-0.4, -0.2) is 22.0 Å². The van der Waals surface area contributed by atoms with Gasteiger partial charge in [-0.3, -0.25) is 4.79 Å². The molecule has 1 aromatic carbocycles. The number of anilines is 1. The van der Waals surface area contributed by atoms with Crippen LogP contribution in [0.1, 0.15) is 46.3 Å². The van der Waals surface area contributed by atoms with Crippen LogP contribution in [0, 0.1) is 0 Å². The van der Waals surface area contributed by atoms with Crippen molar-refractivity contribution in [3.05, 3.63) is 58.8 Å². The molecule has 1 aliphatic carbocycles. The summed E-state index contributed by atoms with van der Waals surface area (Å²) >= 11 is 0. The maximum Gasteiger partial charge on any atom is 0.335 e. The van der Waals surface area contributed by atoms with Crippen LogP contribution in [0.2, 0.25) is 0 Å². The Kier molecular flexibility index (Phi) is 4.10. The molecule has 0 aliphatic heterocycles. The van der Waals surface area contributed by atoms with E-state index in [2.05, 4.69) is 10.3 Å². The lowest BCUT2D eigenvalue weighted by Crippen LogP contribution is -2.15. The molecule has 23 heavy (non-hydrogen) atoms. The highest BCUT2D eigenvalue weighted by Crippen LogP contribution is 2.33. The number of fused-ring (bicyclic) bond motifs is 1. The highest BCUT2D eigenvalue weighted by Gasteiger charge is 2.21. The number of rotatable bonds is 3. The van der Waals surface area contributed by atoms with Gasteiger partial charge in [-0.15, -0.1) is 0 Å². The van der Waals surface area contributed by atoms with Crippen molar-refractivity contribution in [1.29, 1.82) is 0 Å². The fourth-order valence-corrected chi connectivity index (χ4v) is 3.12. The van der Waals surface area contributed by atoms with E-state index in [9.17, 15) is 9.59 Å². The summed E-state index contributed by atoms with van der Waals surface area (Å²) < 4.78 is 0. The quantitative estimate of drug-likeness (QED) is 0.913. The van der Waals surface area contributed by atoms with E-state index in [1.807, 2.05) is 18.2 Å². The zero-order chi connectivity index (χ0) is 16.4. The van der Waals surface area contributed by atoms with Crippen molar-refractivity contribution in [2.24, 2.45) is 0 Å². The largest absolute Gasteiger partial charge is 0.478 e. The van der Waals surface area contributed by atoms with E-state index < -0.39 is 5.97 Å². The predicted molar refractivity (Wildman–Crippen MR) is 86.7 cm³/mol. The molecule has 2 N–H and O–H groups in total. The number of nitrogens with zero attached hydrogens (tertiary/aromatic N) is 1. The first-order chi connectivity index (χ1) is 11.0. The van der Waals surface area contributed by atoms with Gasteiger partial charge in [0.1, 0.15) is 5.82 Å². The number of pyridine rings is 1. The standard InChI is InChI=1S/C18H18N2O3/c1-11(21)20-17-10-14(6-7-19-17)13-4-2-12-3-5-15(18(22)23)9-16(12)8-13/h3,5-7,9-10,13H,2,4,8H2,1H3,(H,22,23)(H,19,20,21). The lowest BCUT2D eigenvalue weighted by Gasteiger charge is -2.25. The Morgan fingerprint density at radius 3 is 2.78 bits per heavy atom. The molecule has 118 valence electrons. The Balaban J connectivity index is 1.85. The van der Waals surface area contributed by atoms with Crippen LogP contribution in [0.15, 0.2) is 36.5 Å². The van der Waals surface area contributed by atoms with Gasteiger partial charge >= 0.3 is 5.97 Å². The van der Waals surface area contributed by atoms with Crippen molar-refractivity contribution in [1.82, 2.24) is 4.98 Å². The highest BCUT2D eigenvalue weighted by molar-refractivity contribution is 5.88. The van der Waals surface area contributed by atoms with Gasteiger partial charge in [-0.1, -0.05) is 6.07 Å². The average Bonchev–Trinajstić information content (AvgIpc) is 2.53. The summed E-state index contributed by atoms with van der Waals surface area (Å²) in [5, 5.41) is 11.8. The van der Waals surface area contributed by atoms with Gasteiger partial charge < -0.3 is 10.4 Å². The van der Waals surface area contributed by atoms with Crippen molar-refractivity contribution >= 4 is 17.7 Å². The first-order valence-corrected chi connectivity index (χ1v) is 7.61. The molecule has 0 radical (unpaired) electrons. The van der Waals surface area contributed by atoms with Crippen molar-refractivity contribution in [2.45, 2.75) is 32.1 Å². The van der Waals surface area contributed by atoms with E-state index in [0.29, 0.717) is 17.3 Å². The summed E-state index contributed by atoms with van der Waals surface area (Å²) in [5.74, 6) is -0.177. The van der Waals surface area contributed by atoms with Crippen LogP contribution in [0.3, 0.4) is 0 Å². The monoisotopic (exact) mass is 310 g/mol. The number of aromatic nitrogens is 1. The molecule has 1 aromatic heterocycles. The molecule has 0 saturated heterocycles. The molecule has 2 aromatic rings. The van der Waals surface area contributed by atoms with E-state index in [1.54, 1.807) is 18.3 Å². The maximum absolute atomic E-state index is 11.2. The Morgan fingerprint density at radius 1 is 1.22 bits per heavy atom. The van der Waals surface area contributed by atoms with E-state index in [1.165, 1.54) is 12.5 Å². The Hall–Kier alpha value is -2.69. The summed E-state index contributed by atoms with van der Waals surface area (Å²) in [7, 11) is 0. The third-order valence-corrected chi connectivity index (χ3v) is 4.24. The molecule has 0 bridgehead atoms. The van der Waals surface area contributed by atoms with Crippen molar-refractivity contribution < 1.29 is 14.7 Å². The first-order valence-electron chi connectivity index (χ1n) is 7.61. The fraction of sp³-hybridized carbons (Fsp3) is 0.278. The number of aromatic carboxylic acids is 1. The normalized spacial score (nSPS) is 16.5. The van der Waals surface area contributed by atoms with Gasteiger partial charge in [-0.05, 0) is 66.1 Å². The molecular formula is C18H18N2O3. The van der Waals surface area contributed by atoms with Gasteiger partial charge in [-0.25, -0.2) is 9.78 Å². The second kappa shape index (κ2) is 6.20. The smallest absolute Gasteiger partial charge is 0.335 e. The van der Waals surface area contributed by atoms with Crippen LogP contribution < -0.4 is 5.32 Å². The number of carboxylic acid groups (broad SMARTS) is 1. The fourth-order valence-electron chi connectivity index (χ4n) is 3.12. The second-order valence-electron chi connectivity index (χ2n) is 5.88. The molecule has 1 amide bonds. The van der Waals surface area contributed by atoms with Crippen LogP contribution in [-0.2, 0) is 17.6 Å². The van der Waals surface area contributed by atoms with Gasteiger partial charge in [0.2, 0.25) is 5.91 Å². The Morgan fingerprint density at radius 2 is 2.04 bits per heavy atom. The minimum Gasteiger partial charge on any atom is -0.478 e. The number of carboxylic acids is 1. The molecule has 1 aliphatic rings. The summed E-state index contributed by atoms with van der Waals surface area (Å²) in [6.45, 7) is 1.46. The molecule has 0 spiro atoms. The number of benzene rings is 1. The number of carbonyl (C=O) groups excluding carboxylic acids is 1. The Labute approximate surface area is 134 Å². The first kappa shape index (κ1) is 15.2. The molecule has 1 unspecified atom stereocenters. The van der Waals surface area contributed by atoms with Gasteiger partial charge in [0.15, 0.2) is 0 Å². The minimum absolute atomic E-state index is 0.144. The molecule has 3 rings (SSSR count). The number of nitrogens with one attached hydrogen (secondary N) is 1. The number of carbonyl (C=O) groups is 2. The number of aryl methyl sites for hydroxylation is 1. The molecule has 0 saturated carbocycles. The highest BCUT2D eigenvalue weighted by atomic mass is 16.4. The SMILES string of the molecule is CC(=O)Nc1cc(C2CCc3ccc(C(=O)O)cc3C2)ccn1. The number of hydrogen-bond donors (Lipinski definition) is 2. The van der Waals surface area contributed by atoms with E-state index in [4.69, 9.17) is 5.11 Å². The topological polar surface area (TPSA) is 79.3 Å². The minimum atomic E-state index is -0.897. The summed E-state index contributed by atoms with van der Waals surface area (Å²) in [4.78, 5) is 26.4. The van der Waals surface area contributed by atoms with Crippen molar-refractivity contribution in [3.8, 4) is 0 Å². The average molecular weight is 310 g/mol. The molecule has 1 atom stereocenters. The van der Waals surface area contributed by atoms with Crippen molar-refractivity contribution in [2.75, 3.05) is 5.32 Å². The lowest BCUT2D eigenvalue weighted by molar-refractivity contribution is -0.114. The van der Waals surface area contributed by atoms with E-state index >= 15 is 0 Å². The van der Waals surface area contributed by atoms with Crippen molar-refractivity contribution in [3.63, 3.8) is 0 Å². The maximum atomic E-state index is 11.2. The predicted octanol–water partition coefficient (Wildman–Crippen LogP) is 3.01. The van der Waals surface area contributed by atoms with E-state index in [-0.39, 0.29) is 5.91 Å². The van der Waals surface area contributed by atoms with Crippen LogP contribution in [0.5, 0.6) is 0 Å². The lowest BCUT2D eigenvalue weighted by atomic mass is 9.80. The zero-order valence-electron chi connectivity index (χ0n) is 12.9. The second-order valence-corrected chi connectivity index (χ2v) is 5.88. The van der Waals surface area contributed by atoms with Gasteiger partial charge in [0, 0.05) is 13.1 Å². The summed E-state index contributed by atoms with van der Waals surface area (Å²) in [6.07, 6.45) is 4.43. The third kappa shape index (κ3) is 3.39. The van der Waals surface area contributed by atoms with Crippen LogP contribution in [0.4, 0.5) is 5.82 Å². The van der Waals surface area contributed by atoms with Crippen LogP contribution in [0.25, 0.3) is 0 Å². The van der Waals surface area contributed by atoms with Crippen LogP contribution >= 0.6 is 0 Å². The molecular weight excluding hydrogens is 292 g/mol. The number of hydrogen-bond acceptors (Lipinski definition) is 3. The van der Waals surface area contributed by atoms with E-state index in [0.717, 1.165) is 30.4 Å². The van der Waals surface area contributed by atoms with Gasteiger partial charge in [0.05, 0.1) is 5.56 Å².